The third-order valence-electron chi connectivity index (χ3n) is 3.79. The van der Waals surface area contributed by atoms with Gasteiger partial charge in [-0.3, -0.25) is 0 Å². The van der Waals surface area contributed by atoms with E-state index < -0.39 is 15.8 Å². The largest absolute Gasteiger partial charge is 0.315 e. The Labute approximate surface area is 163 Å². The highest BCUT2D eigenvalue weighted by Gasteiger charge is 2.30. The summed E-state index contributed by atoms with van der Waals surface area (Å²) < 4.78 is 42.2. The maximum atomic E-state index is 15.1. The van der Waals surface area contributed by atoms with Crippen molar-refractivity contribution in [3.8, 4) is 11.3 Å². The molecule has 0 aliphatic carbocycles. The fourth-order valence-electron chi connectivity index (χ4n) is 2.63. The first-order valence-electron chi connectivity index (χ1n) is 7.57. The van der Waals surface area contributed by atoms with Crippen molar-refractivity contribution in [3.63, 3.8) is 0 Å². The van der Waals surface area contributed by atoms with E-state index >= 15 is 4.39 Å². The SMILES string of the molecule is CNCc1c(F)c(-c2ccccc2)n(S(=O)(=O)c2ccccc2)c1Cl.Cl. The zero-order valence-corrected chi connectivity index (χ0v) is 16.2. The van der Waals surface area contributed by atoms with E-state index in [2.05, 4.69) is 5.32 Å². The molecule has 0 radical (unpaired) electrons. The van der Waals surface area contributed by atoms with Gasteiger partial charge in [0.2, 0.25) is 0 Å². The Morgan fingerprint density at radius 1 is 1.04 bits per heavy atom. The number of aromatic nitrogens is 1. The van der Waals surface area contributed by atoms with E-state index in [0.29, 0.717) is 5.56 Å². The second-order valence-electron chi connectivity index (χ2n) is 5.41. The van der Waals surface area contributed by atoms with Gasteiger partial charge in [-0.25, -0.2) is 16.8 Å². The molecule has 26 heavy (non-hydrogen) atoms. The van der Waals surface area contributed by atoms with E-state index in [4.69, 9.17) is 11.6 Å². The quantitative estimate of drug-likeness (QED) is 0.675. The molecule has 1 aromatic heterocycles. The minimum Gasteiger partial charge on any atom is -0.315 e. The molecular formula is C18H17Cl2FN2O2S. The van der Waals surface area contributed by atoms with Crippen molar-refractivity contribution in [2.75, 3.05) is 7.05 Å². The van der Waals surface area contributed by atoms with Crippen LogP contribution in [0, 0.1) is 5.82 Å². The van der Waals surface area contributed by atoms with Gasteiger partial charge in [0.1, 0.15) is 10.8 Å². The summed E-state index contributed by atoms with van der Waals surface area (Å²) in [5.74, 6) is -0.648. The van der Waals surface area contributed by atoms with Crippen LogP contribution in [0.15, 0.2) is 65.6 Å². The molecular weight excluding hydrogens is 398 g/mol. The summed E-state index contributed by atoms with van der Waals surface area (Å²) in [6, 6.07) is 16.3. The molecule has 0 saturated carbocycles. The lowest BCUT2D eigenvalue weighted by Crippen LogP contribution is -2.15. The third kappa shape index (κ3) is 3.50. The molecule has 1 heterocycles. The molecule has 3 aromatic rings. The topological polar surface area (TPSA) is 51.1 Å². The Bertz CT molecular complexity index is 991. The highest BCUT2D eigenvalue weighted by molar-refractivity contribution is 7.90. The van der Waals surface area contributed by atoms with E-state index in [1.165, 1.54) is 12.1 Å². The minimum absolute atomic E-state index is 0. The molecule has 0 atom stereocenters. The molecule has 0 aliphatic rings. The average molecular weight is 415 g/mol. The zero-order valence-electron chi connectivity index (χ0n) is 13.8. The Balaban J connectivity index is 0.00000243. The molecule has 0 unspecified atom stereocenters. The van der Waals surface area contributed by atoms with E-state index in [-0.39, 0.29) is 40.3 Å². The van der Waals surface area contributed by atoms with E-state index in [1.54, 1.807) is 55.6 Å². The van der Waals surface area contributed by atoms with Gasteiger partial charge in [0.15, 0.2) is 5.82 Å². The van der Waals surface area contributed by atoms with Gasteiger partial charge in [0, 0.05) is 17.7 Å². The van der Waals surface area contributed by atoms with Crippen molar-refractivity contribution >= 4 is 34.0 Å². The Hall–Kier alpha value is -1.86. The van der Waals surface area contributed by atoms with Crippen LogP contribution >= 0.6 is 24.0 Å². The molecule has 0 aliphatic heterocycles. The van der Waals surface area contributed by atoms with Crippen LogP contribution in [-0.2, 0) is 16.6 Å². The highest BCUT2D eigenvalue weighted by atomic mass is 35.5. The van der Waals surface area contributed by atoms with Gasteiger partial charge >= 0.3 is 0 Å². The van der Waals surface area contributed by atoms with Crippen LogP contribution in [-0.4, -0.2) is 19.4 Å². The number of hydrogen-bond acceptors (Lipinski definition) is 3. The van der Waals surface area contributed by atoms with Crippen molar-refractivity contribution in [1.29, 1.82) is 0 Å². The van der Waals surface area contributed by atoms with Crippen LogP contribution in [0.2, 0.25) is 5.15 Å². The number of nitrogens with one attached hydrogen (secondary N) is 1. The van der Waals surface area contributed by atoms with Gasteiger partial charge in [-0.05, 0) is 19.2 Å². The van der Waals surface area contributed by atoms with Crippen molar-refractivity contribution in [3.05, 3.63) is 77.2 Å². The summed E-state index contributed by atoms with van der Waals surface area (Å²) in [5, 5.41) is 2.66. The van der Waals surface area contributed by atoms with Crippen LogP contribution < -0.4 is 5.32 Å². The summed E-state index contributed by atoms with van der Waals surface area (Å²) in [7, 11) is -2.41. The van der Waals surface area contributed by atoms with Crippen LogP contribution in [0.25, 0.3) is 11.3 Å². The van der Waals surface area contributed by atoms with Crippen molar-refractivity contribution in [2.24, 2.45) is 0 Å². The molecule has 0 fully saturated rings. The van der Waals surface area contributed by atoms with Gasteiger partial charge in [0.05, 0.1) is 4.90 Å². The number of halogens is 3. The average Bonchev–Trinajstić information content (AvgIpc) is 2.89. The highest BCUT2D eigenvalue weighted by Crippen LogP contribution is 2.36. The number of rotatable bonds is 5. The predicted octanol–water partition coefficient (Wildman–Crippen LogP) is 4.33. The number of benzene rings is 2. The molecule has 0 bridgehead atoms. The third-order valence-corrected chi connectivity index (χ3v) is 6.00. The van der Waals surface area contributed by atoms with Crippen LogP contribution in [0.5, 0.6) is 0 Å². The van der Waals surface area contributed by atoms with Crippen molar-refractivity contribution in [1.82, 2.24) is 9.29 Å². The minimum atomic E-state index is -4.05. The Kier molecular flexibility index (Phi) is 6.47. The van der Waals surface area contributed by atoms with Gasteiger partial charge in [0.25, 0.3) is 10.0 Å². The molecule has 1 N–H and O–H groups in total. The standard InChI is InChI=1S/C18H16ClFN2O2S.ClH/c1-21-12-15-16(20)17(13-8-4-2-5-9-13)22(18(15)19)25(23,24)14-10-6-3-7-11-14;/h2-11,21H,12H2,1H3;1H. The van der Waals surface area contributed by atoms with E-state index in [1.807, 2.05) is 0 Å². The lowest BCUT2D eigenvalue weighted by Gasteiger charge is -2.12. The van der Waals surface area contributed by atoms with Gasteiger partial charge in [-0.1, -0.05) is 60.1 Å². The monoisotopic (exact) mass is 414 g/mol. The molecule has 4 nitrogen and oxygen atoms in total. The number of hydrogen-bond donors (Lipinski definition) is 1. The first-order chi connectivity index (χ1) is 12.0. The van der Waals surface area contributed by atoms with E-state index in [0.717, 1.165) is 3.97 Å². The molecule has 0 amide bonds. The molecule has 3 rings (SSSR count). The Morgan fingerprint density at radius 2 is 1.58 bits per heavy atom. The lowest BCUT2D eigenvalue weighted by atomic mass is 10.1. The summed E-state index contributed by atoms with van der Waals surface area (Å²) in [4.78, 5) is 0.0417. The van der Waals surface area contributed by atoms with Crippen molar-refractivity contribution < 1.29 is 12.8 Å². The fraction of sp³-hybridized carbons (Fsp3) is 0.111. The van der Waals surface area contributed by atoms with Gasteiger partial charge in [-0.2, -0.15) is 0 Å². The Morgan fingerprint density at radius 3 is 2.12 bits per heavy atom. The summed E-state index contributed by atoms with van der Waals surface area (Å²) in [6.45, 7) is 0.113. The normalized spacial score (nSPS) is 11.2. The molecule has 138 valence electrons. The number of nitrogens with zero attached hydrogens (tertiary/aromatic N) is 1. The predicted molar refractivity (Wildman–Crippen MR) is 104 cm³/mol. The first-order valence-corrected chi connectivity index (χ1v) is 9.39. The fourth-order valence-corrected chi connectivity index (χ4v) is 4.60. The van der Waals surface area contributed by atoms with Gasteiger partial charge < -0.3 is 5.32 Å². The summed E-state index contributed by atoms with van der Waals surface area (Å²) in [5.41, 5.74) is 0.478. The smallest absolute Gasteiger partial charge is 0.269 e. The molecule has 0 saturated heterocycles. The maximum absolute atomic E-state index is 15.1. The first kappa shape index (κ1) is 20.5. The lowest BCUT2D eigenvalue weighted by molar-refractivity contribution is 0.585. The van der Waals surface area contributed by atoms with Gasteiger partial charge in [-0.15, -0.1) is 12.4 Å². The van der Waals surface area contributed by atoms with Crippen LogP contribution in [0.1, 0.15) is 5.56 Å². The van der Waals surface area contributed by atoms with Crippen LogP contribution in [0.4, 0.5) is 4.39 Å². The molecule has 0 spiro atoms. The maximum Gasteiger partial charge on any atom is 0.269 e. The zero-order chi connectivity index (χ0) is 18.0. The van der Waals surface area contributed by atoms with Crippen molar-refractivity contribution in [2.45, 2.75) is 11.4 Å². The van der Waals surface area contributed by atoms with Crippen LogP contribution in [0.3, 0.4) is 0 Å². The second kappa shape index (κ2) is 8.22. The van der Waals surface area contributed by atoms with E-state index in [9.17, 15) is 8.42 Å². The second-order valence-corrected chi connectivity index (χ2v) is 7.56. The summed E-state index contributed by atoms with van der Waals surface area (Å²) in [6.07, 6.45) is 0. The molecule has 8 heteroatoms. The summed E-state index contributed by atoms with van der Waals surface area (Å²) >= 11 is 6.30. The molecule has 2 aromatic carbocycles.